The van der Waals surface area contributed by atoms with Crippen LogP contribution in [0.15, 0.2) is 164 Å². The lowest BCUT2D eigenvalue weighted by Crippen LogP contribution is -2.63. The zero-order valence-electron chi connectivity index (χ0n) is 58.5. The van der Waals surface area contributed by atoms with Crippen LogP contribution < -0.4 is 46.6 Å². The van der Waals surface area contributed by atoms with Crippen LogP contribution in [0.5, 0.6) is 0 Å². The van der Waals surface area contributed by atoms with Crippen molar-refractivity contribution in [2.75, 3.05) is 85.9 Å². The van der Waals surface area contributed by atoms with E-state index in [1.165, 1.54) is 53.8 Å². The molecule has 4 aromatic carbocycles. The largest absolute Gasteiger partial charge is 0.417 e. The zero-order valence-corrected chi connectivity index (χ0v) is 61.0. The number of aryl methyl sites for hydroxylation is 3. The molecule has 3 saturated heterocycles. The number of anilines is 12. The van der Waals surface area contributed by atoms with Crippen molar-refractivity contribution >= 4 is 122 Å². The lowest BCUT2D eigenvalue weighted by atomic mass is 9.89. The molecule has 26 nitrogen and oxygen atoms in total. The molecule has 2 aliphatic carbocycles. The number of hydrogen-bond donors (Lipinski definition) is 11. The van der Waals surface area contributed by atoms with Crippen LogP contribution in [0.4, 0.5) is 91.4 Å². The summed E-state index contributed by atoms with van der Waals surface area (Å²) in [6.45, 7) is 17.1. The molecule has 3 aliphatic heterocycles. The molecule has 0 radical (unpaired) electrons. The number of β-amino-alcohol motifs (C(OH)–C–C–N with tert-alkyl or cyclic N) is 2. The Hall–Kier alpha value is -10.4. The molecule has 11 N–H and O–H groups in total. The quantitative estimate of drug-likeness (QED) is 0.0235. The molecule has 3 amide bonds. The van der Waals surface area contributed by atoms with Gasteiger partial charge in [-0.1, -0.05) is 32.9 Å². The van der Waals surface area contributed by atoms with Gasteiger partial charge in [-0.05, 0) is 173 Å². The first-order valence-corrected chi connectivity index (χ1v) is 36.4. The molecule has 34 heteroatoms. The van der Waals surface area contributed by atoms with Crippen LogP contribution in [0.25, 0.3) is 0 Å². The number of carbonyl (C=O) groups is 3. The van der Waals surface area contributed by atoms with Crippen molar-refractivity contribution < 1.29 is 59.4 Å². The Balaban J connectivity index is 0.000000352. The zero-order chi connectivity index (χ0) is 74.9. The van der Waals surface area contributed by atoms with Crippen molar-refractivity contribution in [2.45, 2.75) is 128 Å². The second kappa shape index (κ2) is 30.2. The minimum Gasteiger partial charge on any atom is -0.386 e. The second-order valence-electron chi connectivity index (χ2n) is 27.9. The number of alkyl halides is 5. The Morgan fingerprint density at radius 1 is 0.538 bits per heavy atom. The highest BCUT2D eigenvalue weighted by Crippen LogP contribution is 2.50. The van der Waals surface area contributed by atoms with Crippen molar-refractivity contribution in [3.63, 3.8) is 0 Å². The van der Waals surface area contributed by atoms with Gasteiger partial charge in [-0.25, -0.2) is 38.7 Å². The smallest absolute Gasteiger partial charge is 0.386 e. The number of amides is 3. The lowest BCUT2D eigenvalue weighted by molar-refractivity contribution is -0.138. The SMILES string of the molecule is Cc1cc(Nc2cc(N3CC(C)(O)C3)nc(Sc3ccc(NC(=O)c4ccccc4C(F)(F)F)cc3)n2)n[nH]1.Cc1cc(Nc2cc(N3CC(O)(C4CC4)C3)nc(Sc3ccc(NC(=O)C4CC4(F)F)cc3)n2)n[nH]1.Cc1cc(Nc2cc(N3CCC3)nc(Sc3ccc(NC(=O)C(C)(C)C)cc3)n2)n[nH]1.[HH].[HH].[HH].[HH].[HH].[HH].[HH].[HH].[HH]. The van der Waals surface area contributed by atoms with Gasteiger partial charge in [0.1, 0.15) is 46.4 Å². The maximum atomic E-state index is 13.3. The molecular formula is C72H94F5N21O5S3. The minimum atomic E-state index is -4.64. The maximum absolute atomic E-state index is 13.3. The first-order valence-electron chi connectivity index (χ1n) is 33.9. The number of halogens is 5. The average molecular weight is 1520 g/mol. The van der Waals surface area contributed by atoms with E-state index in [4.69, 9.17) is 9.97 Å². The first-order chi connectivity index (χ1) is 50.4. The molecule has 570 valence electrons. The monoisotopic (exact) mass is 1520 g/mol. The Kier molecular flexibility index (Phi) is 21.1. The van der Waals surface area contributed by atoms with E-state index in [1.807, 2.05) is 106 Å². The lowest BCUT2D eigenvalue weighted by Gasteiger charge is -2.47. The molecule has 6 aromatic heterocycles. The van der Waals surface area contributed by atoms with Crippen LogP contribution in [0, 0.1) is 38.0 Å². The molecule has 9 heterocycles. The summed E-state index contributed by atoms with van der Waals surface area (Å²) >= 11 is 4.10. The van der Waals surface area contributed by atoms with E-state index < -0.39 is 64.0 Å². The summed E-state index contributed by atoms with van der Waals surface area (Å²) in [5.41, 5.74) is 1.04. The summed E-state index contributed by atoms with van der Waals surface area (Å²) in [4.78, 5) is 73.4. The van der Waals surface area contributed by atoms with Crippen molar-refractivity contribution in [2.24, 2.45) is 17.3 Å². The van der Waals surface area contributed by atoms with Gasteiger partial charge >= 0.3 is 6.18 Å². The molecule has 10 aromatic rings. The van der Waals surface area contributed by atoms with Gasteiger partial charge in [0.25, 0.3) is 11.8 Å². The topological polar surface area (TPSA) is 337 Å². The molecule has 15 rings (SSSR count). The summed E-state index contributed by atoms with van der Waals surface area (Å²) in [6.07, 6.45) is -1.72. The predicted octanol–water partition coefficient (Wildman–Crippen LogP) is 16.0. The van der Waals surface area contributed by atoms with Crippen LogP contribution in [-0.4, -0.2) is 145 Å². The van der Waals surface area contributed by atoms with Gasteiger partial charge in [0.2, 0.25) is 11.8 Å². The van der Waals surface area contributed by atoms with Gasteiger partial charge in [0.05, 0.1) is 29.8 Å². The third-order valence-corrected chi connectivity index (χ3v) is 20.0. The maximum Gasteiger partial charge on any atom is 0.417 e. The van der Waals surface area contributed by atoms with Crippen molar-refractivity contribution in [1.82, 2.24) is 60.5 Å². The minimum absolute atomic E-state index is 0. The van der Waals surface area contributed by atoms with Crippen molar-refractivity contribution in [3.8, 4) is 0 Å². The molecule has 0 bridgehead atoms. The normalized spacial score (nSPS) is 16.7. The number of carbonyl (C=O) groups excluding carboxylic acids is 3. The number of nitrogens with one attached hydrogen (secondary N) is 9. The van der Waals surface area contributed by atoms with Crippen LogP contribution >= 0.6 is 35.3 Å². The highest BCUT2D eigenvalue weighted by atomic mass is 32.2. The van der Waals surface area contributed by atoms with Crippen LogP contribution in [0.3, 0.4) is 0 Å². The summed E-state index contributed by atoms with van der Waals surface area (Å²) < 4.78 is 66.1. The molecule has 1 unspecified atom stereocenters. The first kappa shape index (κ1) is 73.9. The van der Waals surface area contributed by atoms with Gasteiger partial charge in [0.15, 0.2) is 32.9 Å². The van der Waals surface area contributed by atoms with E-state index in [-0.39, 0.29) is 18.7 Å². The van der Waals surface area contributed by atoms with Crippen LogP contribution in [0.1, 0.15) is 99.2 Å². The van der Waals surface area contributed by atoms with E-state index in [0.717, 1.165) is 87.2 Å². The number of nitrogens with zero attached hydrogens (tertiary/aromatic N) is 12. The molecule has 1 atom stereocenters. The highest BCUT2D eigenvalue weighted by molar-refractivity contribution is 7.99. The number of benzene rings is 4. The molecule has 2 saturated carbocycles. The number of aromatic nitrogens is 12. The third kappa shape index (κ3) is 19.0. The molecule has 5 fully saturated rings. The van der Waals surface area contributed by atoms with E-state index in [1.54, 1.807) is 61.5 Å². The van der Waals surface area contributed by atoms with E-state index in [0.29, 0.717) is 99.7 Å². The van der Waals surface area contributed by atoms with Gasteiger partial charge in [-0.2, -0.15) is 28.5 Å². The average Bonchev–Trinajstić information content (AvgIpc) is 1.63. The van der Waals surface area contributed by atoms with E-state index >= 15 is 0 Å². The number of aliphatic hydroxyl groups is 2. The van der Waals surface area contributed by atoms with E-state index in [9.17, 15) is 46.5 Å². The van der Waals surface area contributed by atoms with Crippen molar-refractivity contribution in [1.29, 1.82) is 0 Å². The van der Waals surface area contributed by atoms with Gasteiger partial charge in [0, 0.05) is 136 Å². The summed E-state index contributed by atoms with van der Waals surface area (Å²) in [6, 6.07) is 37.1. The third-order valence-electron chi connectivity index (χ3n) is 17.4. The van der Waals surface area contributed by atoms with Gasteiger partial charge < -0.3 is 56.8 Å². The molecule has 5 aliphatic rings. The fourth-order valence-corrected chi connectivity index (χ4v) is 13.6. The number of rotatable bonds is 21. The second-order valence-corrected chi connectivity index (χ2v) is 31.0. The van der Waals surface area contributed by atoms with Crippen molar-refractivity contribution in [3.05, 3.63) is 162 Å². The summed E-state index contributed by atoms with van der Waals surface area (Å²) in [5, 5.41) is 61.4. The summed E-state index contributed by atoms with van der Waals surface area (Å²) in [7, 11) is 0. The van der Waals surface area contributed by atoms with Crippen LogP contribution in [0.2, 0.25) is 0 Å². The molecular weight excluding hydrogens is 1430 g/mol. The Morgan fingerprint density at radius 2 is 0.934 bits per heavy atom. The Morgan fingerprint density at radius 3 is 1.29 bits per heavy atom. The number of hydrogen-bond acceptors (Lipinski definition) is 23. The van der Waals surface area contributed by atoms with Gasteiger partial charge in [-0.3, -0.25) is 29.7 Å². The predicted molar refractivity (Wildman–Crippen MR) is 415 cm³/mol. The highest BCUT2D eigenvalue weighted by Gasteiger charge is 2.61. The van der Waals surface area contributed by atoms with Crippen LogP contribution in [-0.2, 0) is 15.8 Å². The number of H-pyrrole nitrogens is 3. The van der Waals surface area contributed by atoms with E-state index in [2.05, 4.69) is 87.3 Å². The standard InChI is InChI=1S/C26H24F3N7O2S.C24H25F2N7O2S.C22H27N7OS.9H2/c1-15-11-21(35-34-15)31-20-12-22(36-13-25(2,38)14-36)33-24(32-20)39-17-9-7-16(8-10-17)30-23(37)18-5-3-4-6-19(18)26(27,28)29;1-13-8-19(32-31-13)28-18-9-20(33-11-23(35,12-33)14-2-3-14)30-22(29-18)36-16-6-4-15(5-7-16)27-21(34)17-10-24(17,25)26;1-14-12-18(28-27-14)24-17-13-19(29-10-5-11-29)26-21(25-17)31-16-8-6-15(7-9-16)23-20(30)22(2,3)4;;;;;;;;;/h3-12,38H,13-14H2,1-2H3,(H,30,37)(H2,31,32,33,34,35);4-9,14,17,35H,2-3,10-12H2,1H3,(H,27,34)(H2,28,29,30,31,32);6-9,12-13H,5,10-11H2,1-4H3,(H,23,30)(H2,24,25,26,27,28);9*1H. The van der Waals surface area contributed by atoms with Gasteiger partial charge in [-0.15, -0.1) is 0 Å². The summed E-state index contributed by atoms with van der Waals surface area (Å²) in [5.74, 6) is 0.716. The number of aromatic amines is 3. The molecule has 0 spiro atoms. The molecule has 106 heavy (non-hydrogen) atoms. The Bertz CT molecular complexity index is 4870. The Labute approximate surface area is 632 Å². The fraction of sp³-hybridized carbons (Fsp3) is 0.333. The fourth-order valence-electron chi connectivity index (χ4n) is 11.3.